The molecular formula is C33H34ClF2N3O3. The Hall–Kier alpha value is -3.80. The van der Waals surface area contributed by atoms with Gasteiger partial charge in [0, 0.05) is 23.1 Å². The summed E-state index contributed by atoms with van der Waals surface area (Å²) in [4.78, 5) is 26.0. The van der Waals surface area contributed by atoms with Gasteiger partial charge in [0.1, 0.15) is 22.8 Å². The van der Waals surface area contributed by atoms with Crippen molar-refractivity contribution in [2.75, 3.05) is 12.4 Å². The first-order valence-corrected chi connectivity index (χ1v) is 14.0. The molecule has 1 aliphatic heterocycles. The first-order chi connectivity index (χ1) is 19.7. The van der Waals surface area contributed by atoms with Crippen molar-refractivity contribution in [1.29, 1.82) is 5.26 Å². The van der Waals surface area contributed by atoms with Gasteiger partial charge in [0.15, 0.2) is 5.78 Å². The number of nitrogens with one attached hydrogen (secondary N) is 2. The quantitative estimate of drug-likeness (QED) is 0.285. The van der Waals surface area contributed by atoms with Gasteiger partial charge in [0.05, 0.1) is 29.9 Å². The standard InChI is InChI=1S/C33H34ClF2N3O3/c1-18-10-12-22(24(35)14-18)33(17-37)27(16-32(3,4)5)39-30(28(33)21-8-7-9-23(34)29(21)36)31(41)38-25-13-11-20(19(2)40)15-26(25)42-6/h7-15,27-28,30,39H,16H2,1-6H3,(H,38,41)/t27?,28?,30-,33+/m1/s1. The highest BCUT2D eigenvalue weighted by Crippen LogP contribution is 2.52. The number of amides is 1. The average Bonchev–Trinajstić information content (AvgIpc) is 3.23. The molecule has 1 fully saturated rings. The highest BCUT2D eigenvalue weighted by atomic mass is 35.5. The molecule has 1 amide bonds. The van der Waals surface area contributed by atoms with Crippen molar-refractivity contribution in [2.45, 2.75) is 64.5 Å². The van der Waals surface area contributed by atoms with Gasteiger partial charge in [-0.1, -0.05) is 56.6 Å². The summed E-state index contributed by atoms with van der Waals surface area (Å²) in [6.45, 7) is 9.09. The van der Waals surface area contributed by atoms with E-state index >= 15 is 8.78 Å². The van der Waals surface area contributed by atoms with E-state index < -0.39 is 41.0 Å². The number of hydrogen-bond acceptors (Lipinski definition) is 5. The fourth-order valence-electron chi connectivity index (χ4n) is 5.91. The smallest absolute Gasteiger partial charge is 0.242 e. The molecule has 220 valence electrons. The fourth-order valence-corrected chi connectivity index (χ4v) is 6.09. The number of hydrogen-bond donors (Lipinski definition) is 2. The normalized spacial score (nSPS) is 22.0. The van der Waals surface area contributed by atoms with Crippen molar-refractivity contribution in [3.63, 3.8) is 0 Å². The molecule has 0 aliphatic carbocycles. The summed E-state index contributed by atoms with van der Waals surface area (Å²) in [5, 5.41) is 16.9. The lowest BCUT2D eigenvalue weighted by Crippen LogP contribution is -2.45. The number of ether oxygens (including phenoxy) is 1. The summed E-state index contributed by atoms with van der Waals surface area (Å²) in [7, 11) is 1.41. The fraction of sp³-hybridized carbons (Fsp3) is 0.364. The van der Waals surface area contributed by atoms with Crippen LogP contribution in [0.3, 0.4) is 0 Å². The zero-order valence-corrected chi connectivity index (χ0v) is 25.2. The van der Waals surface area contributed by atoms with Crippen molar-refractivity contribution in [3.05, 3.63) is 93.5 Å². The molecule has 1 aliphatic rings. The minimum absolute atomic E-state index is 0.0203. The zero-order valence-electron chi connectivity index (χ0n) is 24.4. The number of carbonyl (C=O) groups is 2. The molecule has 0 radical (unpaired) electrons. The van der Waals surface area contributed by atoms with Crippen LogP contribution in [0, 0.1) is 35.3 Å². The Morgan fingerprint density at radius 2 is 1.86 bits per heavy atom. The van der Waals surface area contributed by atoms with Crippen LogP contribution in [0.5, 0.6) is 5.75 Å². The third-order valence-electron chi connectivity index (χ3n) is 7.79. The Morgan fingerprint density at radius 1 is 1.14 bits per heavy atom. The van der Waals surface area contributed by atoms with Crippen molar-refractivity contribution >= 4 is 29.0 Å². The Bertz CT molecular complexity index is 1580. The highest BCUT2D eigenvalue weighted by molar-refractivity contribution is 6.30. The van der Waals surface area contributed by atoms with Gasteiger partial charge in [-0.3, -0.25) is 9.59 Å². The number of nitrogens with zero attached hydrogens (tertiary/aromatic N) is 1. The molecule has 1 heterocycles. The zero-order chi connectivity index (χ0) is 31.0. The lowest BCUT2D eigenvalue weighted by molar-refractivity contribution is -0.118. The number of aryl methyl sites for hydroxylation is 1. The van der Waals surface area contributed by atoms with Crippen LogP contribution in [0.4, 0.5) is 14.5 Å². The van der Waals surface area contributed by atoms with E-state index in [1.54, 1.807) is 37.3 Å². The van der Waals surface area contributed by atoms with Gasteiger partial charge in [-0.15, -0.1) is 0 Å². The molecule has 9 heteroatoms. The van der Waals surface area contributed by atoms with Gasteiger partial charge in [-0.05, 0) is 67.1 Å². The third-order valence-corrected chi connectivity index (χ3v) is 8.08. The number of Topliss-reactive ketones (excluding diaryl/α,β-unsaturated/α-hetero) is 1. The van der Waals surface area contributed by atoms with Crippen LogP contribution in [0.15, 0.2) is 54.6 Å². The largest absolute Gasteiger partial charge is 0.495 e. The van der Waals surface area contributed by atoms with Crippen LogP contribution in [0.25, 0.3) is 0 Å². The van der Waals surface area contributed by atoms with E-state index in [9.17, 15) is 14.9 Å². The predicted molar refractivity (Wildman–Crippen MR) is 159 cm³/mol. The number of nitriles is 1. The second-order valence-corrected chi connectivity index (χ2v) is 12.4. The molecule has 3 aromatic rings. The lowest BCUT2D eigenvalue weighted by Gasteiger charge is -2.37. The van der Waals surface area contributed by atoms with Gasteiger partial charge >= 0.3 is 0 Å². The van der Waals surface area contributed by atoms with Gasteiger partial charge < -0.3 is 15.4 Å². The van der Waals surface area contributed by atoms with Crippen LogP contribution < -0.4 is 15.4 Å². The molecule has 0 bridgehead atoms. The molecule has 3 aromatic carbocycles. The van der Waals surface area contributed by atoms with Crippen molar-refractivity contribution in [3.8, 4) is 11.8 Å². The molecule has 0 spiro atoms. The number of methoxy groups -OCH3 is 1. The van der Waals surface area contributed by atoms with Crippen molar-refractivity contribution in [2.24, 2.45) is 5.41 Å². The van der Waals surface area contributed by atoms with E-state index in [0.717, 1.165) is 0 Å². The van der Waals surface area contributed by atoms with Crippen LogP contribution in [-0.4, -0.2) is 30.9 Å². The van der Waals surface area contributed by atoms with Crippen LogP contribution in [0.1, 0.15) is 67.1 Å². The topological polar surface area (TPSA) is 91.2 Å². The van der Waals surface area contributed by atoms with Crippen LogP contribution in [-0.2, 0) is 10.2 Å². The summed E-state index contributed by atoms with van der Waals surface area (Å²) >= 11 is 6.21. The van der Waals surface area contributed by atoms with E-state index in [0.29, 0.717) is 17.5 Å². The second-order valence-electron chi connectivity index (χ2n) is 12.0. The van der Waals surface area contributed by atoms with Crippen molar-refractivity contribution in [1.82, 2.24) is 5.32 Å². The summed E-state index contributed by atoms with van der Waals surface area (Å²) in [5.74, 6) is -3.08. The molecule has 0 aromatic heterocycles. The van der Waals surface area contributed by atoms with E-state index in [1.807, 2.05) is 20.8 Å². The minimum Gasteiger partial charge on any atom is -0.495 e. The molecular weight excluding hydrogens is 560 g/mol. The second kappa shape index (κ2) is 11.8. The van der Waals surface area contributed by atoms with E-state index in [2.05, 4.69) is 16.7 Å². The Labute approximate surface area is 250 Å². The number of anilines is 1. The maximum absolute atomic E-state index is 15.8. The maximum atomic E-state index is 15.8. The maximum Gasteiger partial charge on any atom is 0.242 e. The average molecular weight is 594 g/mol. The summed E-state index contributed by atoms with van der Waals surface area (Å²) in [5.41, 5.74) is -0.624. The molecule has 4 atom stereocenters. The first kappa shape index (κ1) is 31.1. The van der Waals surface area contributed by atoms with Gasteiger partial charge in [-0.2, -0.15) is 5.26 Å². The molecule has 1 saturated heterocycles. The summed E-state index contributed by atoms with van der Waals surface area (Å²) in [6, 6.07) is 14.0. The number of carbonyl (C=O) groups excluding carboxylic acids is 2. The first-order valence-electron chi connectivity index (χ1n) is 13.6. The minimum atomic E-state index is -1.69. The van der Waals surface area contributed by atoms with E-state index in [-0.39, 0.29) is 38.8 Å². The molecule has 42 heavy (non-hydrogen) atoms. The van der Waals surface area contributed by atoms with E-state index in [1.165, 1.54) is 38.3 Å². The highest BCUT2D eigenvalue weighted by Gasteiger charge is 2.61. The molecule has 4 rings (SSSR count). The van der Waals surface area contributed by atoms with Crippen LogP contribution in [0.2, 0.25) is 5.02 Å². The summed E-state index contributed by atoms with van der Waals surface area (Å²) in [6.07, 6.45) is 0.368. The molecule has 0 saturated carbocycles. The summed E-state index contributed by atoms with van der Waals surface area (Å²) < 4.78 is 37.1. The molecule has 6 nitrogen and oxygen atoms in total. The number of benzene rings is 3. The van der Waals surface area contributed by atoms with Gasteiger partial charge in [0.2, 0.25) is 5.91 Å². The van der Waals surface area contributed by atoms with Gasteiger partial charge in [0.25, 0.3) is 0 Å². The van der Waals surface area contributed by atoms with E-state index in [4.69, 9.17) is 16.3 Å². The lowest BCUT2D eigenvalue weighted by atomic mass is 9.62. The Kier molecular flexibility index (Phi) is 8.77. The number of rotatable bonds is 7. The Morgan fingerprint density at radius 3 is 2.45 bits per heavy atom. The van der Waals surface area contributed by atoms with Crippen LogP contribution >= 0.6 is 11.6 Å². The molecule has 2 unspecified atom stereocenters. The monoisotopic (exact) mass is 593 g/mol. The number of ketones is 1. The van der Waals surface area contributed by atoms with Crippen molar-refractivity contribution < 1.29 is 23.1 Å². The molecule has 2 N–H and O–H groups in total. The predicted octanol–water partition coefficient (Wildman–Crippen LogP) is 7.10. The number of halogens is 3. The Balaban J connectivity index is 1.95. The SMILES string of the molecule is COc1cc(C(C)=O)ccc1NC(=O)[C@@H]1NC(CC(C)(C)C)[C@](C#N)(c2ccc(C)cc2F)C1c1cccc(Cl)c1F. The van der Waals surface area contributed by atoms with Gasteiger partial charge in [-0.25, -0.2) is 8.78 Å². The third kappa shape index (κ3) is 5.77.